The third-order valence-corrected chi connectivity index (χ3v) is 3.18. The average Bonchev–Trinajstić information content (AvgIpc) is 2.93. The Morgan fingerprint density at radius 1 is 1.15 bits per heavy atom. The molecule has 2 aromatic rings. The van der Waals surface area contributed by atoms with Crippen LogP contribution in [0.1, 0.15) is 24.7 Å². The fourth-order valence-corrected chi connectivity index (χ4v) is 2.19. The van der Waals surface area contributed by atoms with Crippen LogP contribution in [-0.4, -0.2) is 12.6 Å². The standard InChI is InChI=1S/C16H19F2NO/c1-2-7-19-13(11-14-4-3-8-20-14)9-12-5-6-15(17)16(18)10-12/h3-6,8,10,13,19H,2,7,9,11H2,1H3. The first kappa shape index (κ1) is 14.7. The fourth-order valence-electron chi connectivity index (χ4n) is 2.19. The largest absolute Gasteiger partial charge is 0.469 e. The first-order valence-electron chi connectivity index (χ1n) is 6.88. The molecule has 2 nitrogen and oxygen atoms in total. The lowest BCUT2D eigenvalue weighted by molar-refractivity contribution is 0.437. The molecule has 1 N–H and O–H groups in total. The van der Waals surface area contributed by atoms with E-state index in [0.29, 0.717) is 6.42 Å². The lowest BCUT2D eigenvalue weighted by atomic mass is 10.0. The third-order valence-electron chi connectivity index (χ3n) is 3.18. The molecule has 0 saturated heterocycles. The fraction of sp³-hybridized carbons (Fsp3) is 0.375. The van der Waals surface area contributed by atoms with Gasteiger partial charge in [-0.1, -0.05) is 13.0 Å². The van der Waals surface area contributed by atoms with E-state index in [-0.39, 0.29) is 6.04 Å². The predicted molar refractivity (Wildman–Crippen MR) is 74.6 cm³/mol. The third kappa shape index (κ3) is 4.17. The number of rotatable bonds is 7. The molecule has 108 valence electrons. The maximum atomic E-state index is 13.2. The van der Waals surface area contributed by atoms with Crippen molar-refractivity contribution < 1.29 is 13.2 Å². The molecule has 20 heavy (non-hydrogen) atoms. The van der Waals surface area contributed by atoms with E-state index in [1.165, 1.54) is 12.1 Å². The van der Waals surface area contributed by atoms with Gasteiger partial charge in [-0.05, 0) is 49.2 Å². The Morgan fingerprint density at radius 3 is 2.65 bits per heavy atom. The molecule has 0 fully saturated rings. The SMILES string of the molecule is CCCNC(Cc1ccc(F)c(F)c1)Cc1ccco1. The number of hydrogen-bond acceptors (Lipinski definition) is 2. The summed E-state index contributed by atoms with van der Waals surface area (Å²) in [4.78, 5) is 0. The van der Waals surface area contributed by atoms with Gasteiger partial charge in [0, 0.05) is 12.5 Å². The molecule has 0 aliphatic heterocycles. The molecule has 1 aromatic carbocycles. The Bertz CT molecular complexity index is 525. The van der Waals surface area contributed by atoms with Crippen molar-refractivity contribution in [2.45, 2.75) is 32.2 Å². The molecule has 1 unspecified atom stereocenters. The molecule has 0 aliphatic rings. The lowest BCUT2D eigenvalue weighted by Crippen LogP contribution is -2.33. The number of halogens is 2. The summed E-state index contributed by atoms with van der Waals surface area (Å²) in [5, 5.41) is 3.41. The van der Waals surface area contributed by atoms with Crippen LogP contribution in [0.5, 0.6) is 0 Å². The van der Waals surface area contributed by atoms with Crippen LogP contribution in [0, 0.1) is 11.6 Å². The molecule has 1 aromatic heterocycles. The van der Waals surface area contributed by atoms with E-state index < -0.39 is 11.6 Å². The van der Waals surface area contributed by atoms with Crippen LogP contribution in [0.25, 0.3) is 0 Å². The smallest absolute Gasteiger partial charge is 0.159 e. The van der Waals surface area contributed by atoms with E-state index in [1.807, 2.05) is 12.1 Å². The zero-order valence-corrected chi connectivity index (χ0v) is 11.5. The predicted octanol–water partition coefficient (Wildman–Crippen LogP) is 3.71. The molecule has 1 atom stereocenters. The maximum absolute atomic E-state index is 13.2. The summed E-state index contributed by atoms with van der Waals surface area (Å²) < 4.78 is 31.5. The van der Waals surface area contributed by atoms with Gasteiger partial charge in [-0.25, -0.2) is 8.78 Å². The minimum absolute atomic E-state index is 0.144. The van der Waals surface area contributed by atoms with E-state index in [0.717, 1.165) is 30.7 Å². The second-order valence-corrected chi connectivity index (χ2v) is 4.89. The Kier molecular flexibility index (Phi) is 5.30. The average molecular weight is 279 g/mol. The van der Waals surface area contributed by atoms with Gasteiger partial charge in [0.25, 0.3) is 0 Å². The van der Waals surface area contributed by atoms with Gasteiger partial charge >= 0.3 is 0 Å². The lowest BCUT2D eigenvalue weighted by Gasteiger charge is -2.17. The van der Waals surface area contributed by atoms with Crippen molar-refractivity contribution in [1.29, 1.82) is 0 Å². The van der Waals surface area contributed by atoms with Gasteiger partial charge in [-0.2, -0.15) is 0 Å². The van der Waals surface area contributed by atoms with Crippen LogP contribution >= 0.6 is 0 Å². The van der Waals surface area contributed by atoms with Crippen LogP contribution in [0.4, 0.5) is 8.78 Å². The normalized spacial score (nSPS) is 12.6. The molecule has 0 bridgehead atoms. The Labute approximate surface area is 117 Å². The van der Waals surface area contributed by atoms with Gasteiger partial charge in [-0.15, -0.1) is 0 Å². The van der Waals surface area contributed by atoms with Crippen molar-refractivity contribution in [2.24, 2.45) is 0 Å². The number of hydrogen-bond donors (Lipinski definition) is 1. The van der Waals surface area contributed by atoms with E-state index in [9.17, 15) is 8.78 Å². The zero-order chi connectivity index (χ0) is 14.4. The summed E-state index contributed by atoms with van der Waals surface area (Å²) in [6.45, 7) is 2.98. The Morgan fingerprint density at radius 2 is 2.00 bits per heavy atom. The second-order valence-electron chi connectivity index (χ2n) is 4.89. The summed E-state index contributed by atoms with van der Waals surface area (Å²) in [6, 6.07) is 7.98. The molecular weight excluding hydrogens is 260 g/mol. The topological polar surface area (TPSA) is 25.2 Å². The minimum atomic E-state index is -0.808. The molecule has 1 heterocycles. The molecular formula is C16H19F2NO. The van der Waals surface area contributed by atoms with Crippen molar-refractivity contribution >= 4 is 0 Å². The monoisotopic (exact) mass is 279 g/mol. The first-order valence-corrected chi connectivity index (χ1v) is 6.88. The maximum Gasteiger partial charge on any atom is 0.159 e. The van der Waals surface area contributed by atoms with Gasteiger partial charge in [0.15, 0.2) is 11.6 Å². The Hall–Kier alpha value is -1.68. The summed E-state index contributed by atoms with van der Waals surface area (Å²) >= 11 is 0. The second kappa shape index (κ2) is 7.20. The number of nitrogens with one attached hydrogen (secondary N) is 1. The van der Waals surface area contributed by atoms with Crippen molar-refractivity contribution in [2.75, 3.05) is 6.54 Å². The van der Waals surface area contributed by atoms with Gasteiger partial charge in [0.1, 0.15) is 5.76 Å². The number of benzene rings is 1. The van der Waals surface area contributed by atoms with Gasteiger partial charge in [-0.3, -0.25) is 0 Å². The molecule has 0 saturated carbocycles. The zero-order valence-electron chi connectivity index (χ0n) is 11.5. The molecule has 4 heteroatoms. The highest BCUT2D eigenvalue weighted by Crippen LogP contribution is 2.13. The molecule has 0 aliphatic carbocycles. The van der Waals surface area contributed by atoms with Crippen LogP contribution in [0.3, 0.4) is 0 Å². The van der Waals surface area contributed by atoms with Crippen LogP contribution in [0.15, 0.2) is 41.0 Å². The first-order chi connectivity index (χ1) is 9.69. The molecule has 0 radical (unpaired) electrons. The van der Waals surface area contributed by atoms with Gasteiger partial charge < -0.3 is 9.73 Å². The van der Waals surface area contributed by atoms with Crippen molar-refractivity contribution in [3.63, 3.8) is 0 Å². The van der Waals surface area contributed by atoms with Crippen LogP contribution in [-0.2, 0) is 12.8 Å². The van der Waals surface area contributed by atoms with Crippen molar-refractivity contribution in [1.82, 2.24) is 5.32 Å². The summed E-state index contributed by atoms with van der Waals surface area (Å²) in [7, 11) is 0. The molecule has 2 rings (SSSR count). The van der Waals surface area contributed by atoms with E-state index in [4.69, 9.17) is 4.42 Å². The van der Waals surface area contributed by atoms with Crippen LogP contribution in [0.2, 0.25) is 0 Å². The number of furan rings is 1. The highest BCUT2D eigenvalue weighted by molar-refractivity contribution is 5.19. The highest BCUT2D eigenvalue weighted by Gasteiger charge is 2.13. The minimum Gasteiger partial charge on any atom is -0.469 e. The van der Waals surface area contributed by atoms with Crippen LogP contribution < -0.4 is 5.32 Å². The molecule has 0 amide bonds. The van der Waals surface area contributed by atoms with E-state index >= 15 is 0 Å². The van der Waals surface area contributed by atoms with Crippen molar-refractivity contribution in [3.05, 3.63) is 59.6 Å². The van der Waals surface area contributed by atoms with Crippen molar-refractivity contribution in [3.8, 4) is 0 Å². The summed E-state index contributed by atoms with van der Waals surface area (Å²) in [5.74, 6) is -0.714. The summed E-state index contributed by atoms with van der Waals surface area (Å²) in [6.07, 6.45) is 4.03. The van der Waals surface area contributed by atoms with E-state index in [1.54, 1.807) is 12.3 Å². The van der Waals surface area contributed by atoms with Gasteiger partial charge in [0.2, 0.25) is 0 Å². The molecule has 0 spiro atoms. The quantitative estimate of drug-likeness (QED) is 0.835. The van der Waals surface area contributed by atoms with Gasteiger partial charge in [0.05, 0.1) is 6.26 Å². The Balaban J connectivity index is 2.04. The van der Waals surface area contributed by atoms with E-state index in [2.05, 4.69) is 12.2 Å². The highest BCUT2D eigenvalue weighted by atomic mass is 19.2. The summed E-state index contributed by atoms with van der Waals surface area (Å²) in [5.41, 5.74) is 0.782.